The van der Waals surface area contributed by atoms with Gasteiger partial charge in [-0.3, -0.25) is 9.78 Å². The molecule has 0 saturated heterocycles. The highest BCUT2D eigenvalue weighted by Gasteiger charge is 2.30. The number of carbonyl (C=O) groups is 1. The van der Waals surface area contributed by atoms with E-state index in [0.29, 0.717) is 18.4 Å². The highest BCUT2D eigenvalue weighted by Crippen LogP contribution is 2.40. The lowest BCUT2D eigenvalue weighted by atomic mass is 9.74. The van der Waals surface area contributed by atoms with Gasteiger partial charge in [0.05, 0.1) is 18.0 Å². The van der Waals surface area contributed by atoms with Crippen molar-refractivity contribution in [1.29, 1.82) is 0 Å². The van der Waals surface area contributed by atoms with Crippen molar-refractivity contribution in [3.63, 3.8) is 0 Å². The Kier molecular flexibility index (Phi) is 7.62. The molecule has 1 saturated carbocycles. The number of nitrogens with zero attached hydrogens (tertiary/aromatic N) is 1. The average Bonchev–Trinajstić information content (AvgIpc) is 2.69. The SMILES string of the molecule is CC.CCOC(=O)C(C)C1CCC(c2ccnc3ccc(C)cc23)CC1. The first-order valence-electron chi connectivity index (χ1n) is 10.1. The average molecular weight is 356 g/mol. The van der Waals surface area contributed by atoms with Gasteiger partial charge in [0.15, 0.2) is 0 Å². The molecule has 0 radical (unpaired) electrons. The van der Waals surface area contributed by atoms with Gasteiger partial charge in [0.25, 0.3) is 0 Å². The lowest BCUT2D eigenvalue weighted by Crippen LogP contribution is -2.26. The van der Waals surface area contributed by atoms with Crippen molar-refractivity contribution in [3.05, 3.63) is 41.6 Å². The predicted molar refractivity (Wildman–Crippen MR) is 108 cm³/mol. The van der Waals surface area contributed by atoms with Gasteiger partial charge < -0.3 is 4.74 Å². The van der Waals surface area contributed by atoms with Crippen LogP contribution in [0.25, 0.3) is 10.9 Å². The number of fused-ring (bicyclic) bond motifs is 1. The molecule has 0 spiro atoms. The third-order valence-electron chi connectivity index (χ3n) is 5.51. The number of esters is 1. The minimum absolute atomic E-state index is 0.0160. The third-order valence-corrected chi connectivity index (χ3v) is 5.51. The number of carbonyl (C=O) groups excluding carboxylic acids is 1. The molecule has 1 aliphatic carbocycles. The summed E-state index contributed by atoms with van der Waals surface area (Å²) in [4.78, 5) is 16.5. The highest BCUT2D eigenvalue weighted by atomic mass is 16.5. The first kappa shape index (κ1) is 20.4. The van der Waals surface area contributed by atoms with Gasteiger partial charge in [0, 0.05) is 11.6 Å². The number of pyridine rings is 1. The summed E-state index contributed by atoms with van der Waals surface area (Å²) in [6.07, 6.45) is 6.41. The number of aromatic nitrogens is 1. The lowest BCUT2D eigenvalue weighted by molar-refractivity contribution is -0.149. The summed E-state index contributed by atoms with van der Waals surface area (Å²) in [5.41, 5.74) is 3.78. The van der Waals surface area contributed by atoms with E-state index in [2.05, 4.69) is 36.2 Å². The van der Waals surface area contributed by atoms with Gasteiger partial charge >= 0.3 is 5.97 Å². The predicted octanol–water partition coefficient (Wildman–Crippen LogP) is 6.04. The minimum atomic E-state index is -0.0362. The van der Waals surface area contributed by atoms with Crippen LogP contribution in [0.2, 0.25) is 0 Å². The number of aryl methyl sites for hydroxylation is 1. The molecular weight excluding hydrogens is 322 g/mol. The molecule has 1 heterocycles. The summed E-state index contributed by atoms with van der Waals surface area (Å²) in [6, 6.07) is 8.67. The van der Waals surface area contributed by atoms with Crippen LogP contribution in [0.3, 0.4) is 0 Å². The standard InChI is InChI=1S/C21H27NO2.C2H6/c1-4-24-21(23)15(3)16-6-8-17(9-7-16)18-11-12-22-20-10-5-14(2)13-19(18)20;1-2/h5,10-13,15-17H,4,6-9H2,1-3H3;1-2H3. The van der Waals surface area contributed by atoms with E-state index >= 15 is 0 Å². The maximum atomic E-state index is 12.0. The van der Waals surface area contributed by atoms with Crippen molar-refractivity contribution in [2.45, 2.75) is 66.2 Å². The van der Waals surface area contributed by atoms with Crippen molar-refractivity contribution in [3.8, 4) is 0 Å². The van der Waals surface area contributed by atoms with Crippen LogP contribution >= 0.6 is 0 Å². The second-order valence-corrected chi connectivity index (χ2v) is 7.07. The molecule has 3 rings (SSSR count). The summed E-state index contributed by atoms with van der Waals surface area (Å²) in [5, 5.41) is 1.29. The molecule has 1 fully saturated rings. The van der Waals surface area contributed by atoms with E-state index in [9.17, 15) is 4.79 Å². The highest BCUT2D eigenvalue weighted by molar-refractivity contribution is 5.83. The van der Waals surface area contributed by atoms with Gasteiger partial charge in [-0.05, 0) is 75.1 Å². The van der Waals surface area contributed by atoms with Gasteiger partial charge in [-0.25, -0.2) is 0 Å². The Balaban J connectivity index is 0.00000117. The van der Waals surface area contributed by atoms with Crippen molar-refractivity contribution in [2.24, 2.45) is 11.8 Å². The largest absolute Gasteiger partial charge is 0.466 e. The number of hydrogen-bond donors (Lipinski definition) is 0. The van der Waals surface area contributed by atoms with E-state index in [1.165, 1.54) is 16.5 Å². The maximum Gasteiger partial charge on any atom is 0.308 e. The molecule has 1 unspecified atom stereocenters. The van der Waals surface area contributed by atoms with Crippen molar-refractivity contribution in [2.75, 3.05) is 6.61 Å². The van der Waals surface area contributed by atoms with Crippen LogP contribution < -0.4 is 0 Å². The molecule has 3 heteroatoms. The van der Waals surface area contributed by atoms with E-state index in [1.807, 2.05) is 33.9 Å². The molecule has 0 aliphatic heterocycles. The van der Waals surface area contributed by atoms with E-state index in [4.69, 9.17) is 4.74 Å². The van der Waals surface area contributed by atoms with Crippen LogP contribution in [0, 0.1) is 18.8 Å². The number of hydrogen-bond acceptors (Lipinski definition) is 3. The van der Waals surface area contributed by atoms with Crippen LogP contribution in [0.1, 0.15) is 70.4 Å². The van der Waals surface area contributed by atoms with Crippen molar-refractivity contribution < 1.29 is 9.53 Å². The molecular formula is C23H33NO2. The van der Waals surface area contributed by atoms with Gasteiger partial charge in [0.2, 0.25) is 0 Å². The summed E-state index contributed by atoms with van der Waals surface area (Å²) < 4.78 is 5.19. The van der Waals surface area contributed by atoms with Crippen LogP contribution in [-0.2, 0) is 9.53 Å². The van der Waals surface area contributed by atoms with Gasteiger partial charge in [-0.1, -0.05) is 32.4 Å². The van der Waals surface area contributed by atoms with E-state index < -0.39 is 0 Å². The quantitative estimate of drug-likeness (QED) is 0.627. The Morgan fingerprint density at radius 3 is 2.54 bits per heavy atom. The molecule has 1 aliphatic rings. The Bertz CT molecular complexity index is 717. The van der Waals surface area contributed by atoms with Gasteiger partial charge in [-0.2, -0.15) is 0 Å². The van der Waals surface area contributed by atoms with Gasteiger partial charge in [0.1, 0.15) is 0 Å². The van der Waals surface area contributed by atoms with Gasteiger partial charge in [-0.15, -0.1) is 0 Å². The zero-order chi connectivity index (χ0) is 19.1. The lowest BCUT2D eigenvalue weighted by Gasteiger charge is -2.32. The van der Waals surface area contributed by atoms with Crippen molar-refractivity contribution >= 4 is 16.9 Å². The summed E-state index contributed by atoms with van der Waals surface area (Å²) in [7, 11) is 0. The summed E-state index contributed by atoms with van der Waals surface area (Å²) >= 11 is 0. The Labute approximate surface area is 158 Å². The maximum absolute atomic E-state index is 12.0. The Morgan fingerprint density at radius 2 is 1.88 bits per heavy atom. The molecule has 0 N–H and O–H groups in total. The van der Waals surface area contributed by atoms with Crippen LogP contribution in [-0.4, -0.2) is 17.6 Å². The first-order valence-corrected chi connectivity index (χ1v) is 10.1. The molecule has 1 aromatic heterocycles. The molecule has 1 aromatic carbocycles. The number of ether oxygens (including phenoxy) is 1. The molecule has 2 aromatic rings. The van der Waals surface area contributed by atoms with Crippen LogP contribution in [0.5, 0.6) is 0 Å². The second-order valence-electron chi connectivity index (χ2n) is 7.07. The first-order chi connectivity index (χ1) is 12.6. The molecule has 0 amide bonds. The molecule has 0 bridgehead atoms. The molecule has 3 nitrogen and oxygen atoms in total. The summed E-state index contributed by atoms with van der Waals surface area (Å²) in [6.45, 7) is 10.5. The van der Waals surface area contributed by atoms with Crippen LogP contribution in [0.15, 0.2) is 30.5 Å². The van der Waals surface area contributed by atoms with E-state index in [-0.39, 0.29) is 11.9 Å². The van der Waals surface area contributed by atoms with Crippen LogP contribution in [0.4, 0.5) is 0 Å². The fourth-order valence-corrected chi connectivity index (χ4v) is 4.03. The topological polar surface area (TPSA) is 39.2 Å². The number of rotatable bonds is 4. The number of benzene rings is 1. The molecule has 26 heavy (non-hydrogen) atoms. The monoisotopic (exact) mass is 355 g/mol. The fraction of sp³-hybridized carbons (Fsp3) is 0.565. The van der Waals surface area contributed by atoms with E-state index in [1.54, 1.807) is 0 Å². The summed E-state index contributed by atoms with van der Waals surface area (Å²) in [5.74, 6) is 1.01. The zero-order valence-corrected chi connectivity index (χ0v) is 16.9. The van der Waals surface area contributed by atoms with E-state index in [0.717, 1.165) is 31.2 Å². The fourth-order valence-electron chi connectivity index (χ4n) is 4.03. The third kappa shape index (κ3) is 4.63. The minimum Gasteiger partial charge on any atom is -0.466 e. The van der Waals surface area contributed by atoms with Crippen molar-refractivity contribution in [1.82, 2.24) is 4.98 Å². The Hall–Kier alpha value is -1.90. The molecule has 1 atom stereocenters. The second kappa shape index (κ2) is 9.70. The smallest absolute Gasteiger partial charge is 0.308 e. The normalized spacial score (nSPS) is 20.8. The zero-order valence-electron chi connectivity index (χ0n) is 16.9. The Morgan fingerprint density at radius 1 is 1.19 bits per heavy atom. The molecule has 142 valence electrons.